The lowest BCUT2D eigenvalue weighted by molar-refractivity contribution is 0.0526. The Morgan fingerprint density at radius 3 is 2.68 bits per heavy atom. The number of nitrogens with one attached hydrogen (secondary N) is 2. The van der Waals surface area contributed by atoms with Crippen molar-refractivity contribution in [3.8, 4) is 11.1 Å². The highest BCUT2D eigenvalue weighted by Crippen LogP contribution is 2.29. The molecular formula is C24H20ClFN6O2. The Labute approximate surface area is 200 Å². The number of aromatic nitrogens is 4. The molecule has 4 rings (SSSR count). The van der Waals surface area contributed by atoms with Crippen LogP contribution in [0.4, 0.5) is 21.8 Å². The Hall–Kier alpha value is -4.11. The van der Waals surface area contributed by atoms with Crippen molar-refractivity contribution >= 4 is 35.0 Å². The second kappa shape index (κ2) is 10.7. The lowest BCUT2D eigenvalue weighted by Crippen LogP contribution is -2.08. The van der Waals surface area contributed by atoms with E-state index in [1.807, 2.05) is 12.1 Å². The van der Waals surface area contributed by atoms with Gasteiger partial charge in [-0.2, -0.15) is 4.98 Å². The van der Waals surface area contributed by atoms with Gasteiger partial charge in [-0.05, 0) is 48.9 Å². The van der Waals surface area contributed by atoms with Crippen molar-refractivity contribution in [1.82, 2.24) is 19.9 Å². The van der Waals surface area contributed by atoms with E-state index in [0.29, 0.717) is 34.7 Å². The van der Waals surface area contributed by atoms with Gasteiger partial charge >= 0.3 is 5.97 Å². The van der Waals surface area contributed by atoms with Crippen LogP contribution in [0.15, 0.2) is 67.4 Å². The fraction of sp³-hybridized carbons (Fsp3) is 0.125. The summed E-state index contributed by atoms with van der Waals surface area (Å²) in [6.45, 7) is 2.47. The number of pyridine rings is 2. The molecule has 3 heterocycles. The number of hydrogen-bond acceptors (Lipinski definition) is 8. The average molecular weight is 479 g/mol. The van der Waals surface area contributed by atoms with Gasteiger partial charge in [-0.3, -0.25) is 9.97 Å². The van der Waals surface area contributed by atoms with E-state index in [1.54, 1.807) is 37.8 Å². The maximum Gasteiger partial charge on any atom is 0.339 e. The molecule has 0 amide bonds. The van der Waals surface area contributed by atoms with Gasteiger partial charge < -0.3 is 15.4 Å². The number of anilines is 3. The number of rotatable bonds is 8. The first kappa shape index (κ1) is 23.1. The summed E-state index contributed by atoms with van der Waals surface area (Å²) in [4.78, 5) is 29.3. The van der Waals surface area contributed by atoms with Crippen molar-refractivity contribution in [3.63, 3.8) is 0 Å². The zero-order valence-corrected chi connectivity index (χ0v) is 18.9. The molecule has 1 aromatic carbocycles. The number of hydrogen-bond donors (Lipinski definition) is 2. The Morgan fingerprint density at radius 2 is 1.91 bits per heavy atom. The topological polar surface area (TPSA) is 102 Å². The highest BCUT2D eigenvalue weighted by Gasteiger charge is 2.14. The average Bonchev–Trinajstić information content (AvgIpc) is 2.86. The molecule has 2 N–H and O–H groups in total. The molecule has 0 unspecified atom stereocenters. The van der Waals surface area contributed by atoms with Crippen LogP contribution in [0.1, 0.15) is 22.8 Å². The van der Waals surface area contributed by atoms with Gasteiger partial charge in [-0.15, -0.1) is 0 Å². The molecule has 0 bridgehead atoms. The lowest BCUT2D eigenvalue weighted by atomic mass is 10.1. The van der Waals surface area contributed by atoms with Crippen molar-refractivity contribution in [2.75, 3.05) is 17.2 Å². The summed E-state index contributed by atoms with van der Waals surface area (Å²) in [5.74, 6) is -0.198. The van der Waals surface area contributed by atoms with Crippen molar-refractivity contribution in [1.29, 1.82) is 0 Å². The minimum absolute atomic E-state index is 0.0143. The summed E-state index contributed by atoms with van der Waals surface area (Å²) < 4.78 is 18.6. The molecule has 0 saturated heterocycles. The van der Waals surface area contributed by atoms with Crippen molar-refractivity contribution < 1.29 is 13.9 Å². The van der Waals surface area contributed by atoms with Gasteiger partial charge in [0.05, 0.1) is 17.2 Å². The summed E-state index contributed by atoms with van der Waals surface area (Å²) in [5, 5.41) is 6.31. The second-order valence-corrected chi connectivity index (χ2v) is 7.51. The van der Waals surface area contributed by atoms with Crippen molar-refractivity contribution in [2.24, 2.45) is 0 Å². The molecule has 34 heavy (non-hydrogen) atoms. The molecule has 0 aliphatic rings. The number of esters is 1. The molecule has 0 spiro atoms. The third kappa shape index (κ3) is 5.62. The van der Waals surface area contributed by atoms with E-state index in [4.69, 9.17) is 16.3 Å². The minimum atomic E-state index is -0.517. The van der Waals surface area contributed by atoms with E-state index in [9.17, 15) is 9.18 Å². The highest BCUT2D eigenvalue weighted by atomic mass is 35.5. The molecule has 0 aliphatic carbocycles. The number of nitrogens with zero attached hydrogens (tertiary/aromatic N) is 4. The van der Waals surface area contributed by atoms with Crippen LogP contribution in [0.25, 0.3) is 11.1 Å². The maximum atomic E-state index is 13.5. The molecular weight excluding hydrogens is 459 g/mol. The normalized spacial score (nSPS) is 10.6. The molecule has 0 fully saturated rings. The van der Waals surface area contributed by atoms with Gasteiger partial charge in [-0.25, -0.2) is 14.2 Å². The van der Waals surface area contributed by atoms with Gasteiger partial charge in [0.25, 0.3) is 0 Å². The third-order valence-electron chi connectivity index (χ3n) is 4.73. The predicted molar refractivity (Wildman–Crippen MR) is 127 cm³/mol. The molecule has 0 aliphatic heterocycles. The molecule has 8 nitrogen and oxygen atoms in total. The standard InChI is InChI=1S/C24H20ClFN6O2/c1-2-34-23(33)17-9-16(12-28-13-17)19-14-30-24(31-18-3-4-21(26)20(25)10-18)32-22(19)29-11-15-5-7-27-8-6-15/h3-10,12-14H,2,11H2,1H3,(H2,29,30,31,32). The number of halogens is 2. The summed E-state index contributed by atoms with van der Waals surface area (Å²) in [6, 6.07) is 9.69. The van der Waals surface area contributed by atoms with E-state index in [2.05, 4.69) is 30.6 Å². The number of ether oxygens (including phenoxy) is 1. The van der Waals surface area contributed by atoms with Crippen LogP contribution in [0.3, 0.4) is 0 Å². The number of benzene rings is 1. The predicted octanol–water partition coefficient (Wildman–Crippen LogP) is 5.26. The maximum absolute atomic E-state index is 13.5. The fourth-order valence-electron chi connectivity index (χ4n) is 3.09. The molecule has 0 saturated carbocycles. The number of carbonyl (C=O) groups excluding carboxylic acids is 1. The quantitative estimate of drug-likeness (QED) is 0.331. The van der Waals surface area contributed by atoms with Crippen LogP contribution < -0.4 is 10.6 Å². The van der Waals surface area contributed by atoms with Gasteiger partial charge in [0, 0.05) is 54.3 Å². The summed E-state index contributed by atoms with van der Waals surface area (Å²) in [7, 11) is 0. The molecule has 4 aromatic rings. The Kier molecular flexibility index (Phi) is 7.24. The zero-order valence-electron chi connectivity index (χ0n) is 18.1. The first-order valence-corrected chi connectivity index (χ1v) is 10.8. The van der Waals surface area contributed by atoms with E-state index >= 15 is 0 Å². The lowest BCUT2D eigenvalue weighted by Gasteiger charge is -2.14. The first-order valence-electron chi connectivity index (χ1n) is 10.4. The number of carbonyl (C=O) groups is 1. The Bertz CT molecular complexity index is 1310. The molecule has 10 heteroatoms. The second-order valence-electron chi connectivity index (χ2n) is 7.10. The SMILES string of the molecule is CCOC(=O)c1cncc(-c2cnc(Nc3ccc(F)c(Cl)c3)nc2NCc2ccncc2)c1. The van der Waals surface area contributed by atoms with Gasteiger partial charge in [0.2, 0.25) is 5.95 Å². The van der Waals surface area contributed by atoms with Crippen LogP contribution in [-0.4, -0.2) is 32.5 Å². The van der Waals surface area contributed by atoms with E-state index in [-0.39, 0.29) is 17.6 Å². The van der Waals surface area contributed by atoms with Gasteiger partial charge in [-0.1, -0.05) is 11.6 Å². The van der Waals surface area contributed by atoms with Gasteiger partial charge in [0.15, 0.2) is 0 Å². The molecule has 0 atom stereocenters. The van der Waals surface area contributed by atoms with Crippen LogP contribution >= 0.6 is 11.6 Å². The fourth-order valence-corrected chi connectivity index (χ4v) is 3.27. The van der Waals surface area contributed by atoms with Gasteiger partial charge in [0.1, 0.15) is 11.6 Å². The van der Waals surface area contributed by atoms with E-state index < -0.39 is 11.8 Å². The smallest absolute Gasteiger partial charge is 0.339 e. The van der Waals surface area contributed by atoms with E-state index in [1.165, 1.54) is 24.4 Å². The zero-order chi connectivity index (χ0) is 23.9. The monoisotopic (exact) mass is 478 g/mol. The highest BCUT2D eigenvalue weighted by molar-refractivity contribution is 6.31. The van der Waals surface area contributed by atoms with Crippen LogP contribution in [0.2, 0.25) is 5.02 Å². The Morgan fingerprint density at radius 1 is 1.09 bits per heavy atom. The molecule has 0 radical (unpaired) electrons. The summed E-state index contributed by atoms with van der Waals surface area (Å²) in [6.07, 6.45) is 8.08. The third-order valence-corrected chi connectivity index (χ3v) is 5.02. The molecule has 3 aromatic heterocycles. The minimum Gasteiger partial charge on any atom is -0.462 e. The summed E-state index contributed by atoms with van der Waals surface area (Å²) >= 11 is 5.88. The summed E-state index contributed by atoms with van der Waals surface area (Å²) in [5.41, 5.74) is 3.13. The van der Waals surface area contributed by atoms with Crippen molar-refractivity contribution in [3.05, 3.63) is 89.3 Å². The Balaban J connectivity index is 1.68. The molecule has 172 valence electrons. The van der Waals surface area contributed by atoms with Crippen LogP contribution in [0, 0.1) is 5.82 Å². The largest absolute Gasteiger partial charge is 0.462 e. The van der Waals surface area contributed by atoms with Crippen LogP contribution in [0.5, 0.6) is 0 Å². The van der Waals surface area contributed by atoms with Crippen LogP contribution in [-0.2, 0) is 11.3 Å². The van der Waals surface area contributed by atoms with E-state index in [0.717, 1.165) is 5.56 Å². The van der Waals surface area contributed by atoms with Crippen molar-refractivity contribution in [2.45, 2.75) is 13.5 Å². The first-order chi connectivity index (χ1) is 16.5.